The summed E-state index contributed by atoms with van der Waals surface area (Å²) in [4.78, 5) is 17.6. The van der Waals surface area contributed by atoms with Crippen LogP contribution in [0.1, 0.15) is 34.0 Å². The van der Waals surface area contributed by atoms with Crippen molar-refractivity contribution in [2.75, 3.05) is 11.5 Å². The summed E-state index contributed by atoms with van der Waals surface area (Å²) in [5.74, 6) is 1.34. The molecule has 0 radical (unpaired) electrons. The van der Waals surface area contributed by atoms with Gasteiger partial charge in [-0.25, -0.2) is 0 Å². The van der Waals surface area contributed by atoms with Crippen LogP contribution in [0.3, 0.4) is 0 Å². The summed E-state index contributed by atoms with van der Waals surface area (Å²) in [6.07, 6.45) is -7.24. The monoisotopic (exact) mass is 518 g/mol. The Bertz CT molecular complexity index is 1130. The molecule has 0 saturated carbocycles. The number of benzene rings is 2. The average molecular weight is 519 g/mol. The fraction of sp³-hybridized carbons (Fsp3) is 0.364. The summed E-state index contributed by atoms with van der Waals surface area (Å²) in [5, 5.41) is 17.3. The molecule has 11 heteroatoms. The first-order valence-electron chi connectivity index (χ1n) is 9.85. The zero-order chi connectivity index (χ0) is 24.2. The highest BCUT2D eigenvalue weighted by molar-refractivity contribution is 8.00. The Morgan fingerprint density at radius 2 is 1.85 bits per heavy atom. The van der Waals surface area contributed by atoms with Gasteiger partial charge in [-0.05, 0) is 49.7 Å². The second-order valence-corrected chi connectivity index (χ2v) is 10.3. The number of nitrogens with one attached hydrogen (secondary N) is 1. The maximum absolute atomic E-state index is 14.3. The van der Waals surface area contributed by atoms with Crippen molar-refractivity contribution < 1.29 is 27.9 Å². The van der Waals surface area contributed by atoms with Crippen LogP contribution >= 0.6 is 35.0 Å². The van der Waals surface area contributed by atoms with Gasteiger partial charge in [0, 0.05) is 38.2 Å². The number of carbonyl (C=O) groups is 1. The van der Waals surface area contributed by atoms with Gasteiger partial charge in [0.15, 0.2) is 6.10 Å². The minimum atomic E-state index is -5.04. The summed E-state index contributed by atoms with van der Waals surface area (Å²) in [5.41, 5.74) is -3.16. The molecule has 33 heavy (non-hydrogen) atoms. The molecule has 0 bridgehead atoms. The molecule has 0 spiro atoms. The normalized spacial score (nSPS) is 24.0. The minimum Gasteiger partial charge on any atom is -0.382 e. The van der Waals surface area contributed by atoms with Crippen LogP contribution in [0.4, 0.5) is 13.2 Å². The molecule has 0 aliphatic carbocycles. The molecule has 4 rings (SSSR count). The van der Waals surface area contributed by atoms with E-state index in [0.29, 0.717) is 11.1 Å². The van der Waals surface area contributed by atoms with E-state index in [1.54, 1.807) is 18.7 Å². The quantitative estimate of drug-likeness (QED) is 0.591. The van der Waals surface area contributed by atoms with Crippen molar-refractivity contribution in [3.8, 4) is 0 Å². The van der Waals surface area contributed by atoms with Crippen LogP contribution in [0.2, 0.25) is 10.0 Å². The number of halogens is 5. The second-order valence-electron chi connectivity index (χ2n) is 8.40. The van der Waals surface area contributed by atoms with Gasteiger partial charge in [0.2, 0.25) is 0 Å². The third-order valence-corrected chi connectivity index (χ3v) is 7.79. The first-order chi connectivity index (χ1) is 15.4. The number of carbonyl (C=O) groups excluding carboxylic acids is 1. The smallest absolute Gasteiger partial charge is 0.382 e. The molecule has 2 aromatic rings. The fourth-order valence-corrected chi connectivity index (χ4v) is 5.36. The van der Waals surface area contributed by atoms with Crippen LogP contribution in [0, 0.1) is 6.92 Å². The van der Waals surface area contributed by atoms with E-state index in [2.05, 4.69) is 10.5 Å². The topological polar surface area (TPSA) is 70.9 Å². The molecule has 2 aliphatic rings. The number of nitrogens with zero attached hydrogens (tertiary/aromatic N) is 1. The lowest BCUT2D eigenvalue weighted by molar-refractivity contribution is -0.296. The average Bonchev–Trinajstić information content (AvgIpc) is 3.04. The van der Waals surface area contributed by atoms with Gasteiger partial charge in [0.1, 0.15) is 5.71 Å². The number of hydrogen-bond donors (Lipinski definition) is 2. The lowest BCUT2D eigenvalue weighted by atomic mass is 9.83. The van der Waals surface area contributed by atoms with Crippen LogP contribution < -0.4 is 5.32 Å². The van der Waals surface area contributed by atoms with E-state index in [4.69, 9.17) is 28.0 Å². The summed E-state index contributed by atoms with van der Waals surface area (Å²) in [6, 6.07) is 7.75. The Hall–Kier alpha value is -1.94. The molecule has 0 aromatic heterocycles. The first-order valence-corrected chi connectivity index (χ1v) is 11.8. The number of oxime groups is 1. The van der Waals surface area contributed by atoms with Gasteiger partial charge in [-0.1, -0.05) is 34.4 Å². The third-order valence-electron chi connectivity index (χ3n) is 5.67. The second kappa shape index (κ2) is 8.37. The van der Waals surface area contributed by atoms with Crippen molar-refractivity contribution in [2.24, 2.45) is 5.16 Å². The van der Waals surface area contributed by atoms with E-state index in [9.17, 15) is 23.1 Å². The molecule has 1 fully saturated rings. The molecule has 2 heterocycles. The standard InChI is InChI=1S/C22H19Cl2F3N2O3S/c1-11-5-12(3-4-16(11)19(31)28-20(2)9-33-10-20)17-18(30)21(32-29-17,22(25,26)27)13-6-14(23)8-15(24)7-13/h3-8,18,30H,9-10H2,1-2H3,(H,28,31). The summed E-state index contributed by atoms with van der Waals surface area (Å²) < 4.78 is 42.8. The number of thioether (sulfide) groups is 1. The Morgan fingerprint density at radius 1 is 1.21 bits per heavy atom. The summed E-state index contributed by atoms with van der Waals surface area (Å²) in [6.45, 7) is 3.61. The Balaban J connectivity index is 1.66. The molecule has 2 aromatic carbocycles. The highest BCUT2D eigenvalue weighted by atomic mass is 35.5. The number of hydrogen-bond acceptors (Lipinski definition) is 5. The lowest BCUT2D eigenvalue weighted by Crippen LogP contribution is -2.55. The molecule has 1 saturated heterocycles. The molecule has 1 amide bonds. The van der Waals surface area contributed by atoms with Crippen LogP contribution in [-0.4, -0.2) is 46.1 Å². The largest absolute Gasteiger partial charge is 0.438 e. The van der Waals surface area contributed by atoms with Gasteiger partial charge in [0.05, 0.1) is 5.54 Å². The zero-order valence-corrected chi connectivity index (χ0v) is 19.8. The van der Waals surface area contributed by atoms with Crippen LogP contribution in [0.5, 0.6) is 0 Å². The van der Waals surface area contributed by atoms with Crippen molar-refractivity contribution >= 4 is 46.6 Å². The van der Waals surface area contributed by atoms with Crippen molar-refractivity contribution in [3.63, 3.8) is 0 Å². The van der Waals surface area contributed by atoms with E-state index in [1.165, 1.54) is 24.3 Å². The van der Waals surface area contributed by atoms with Gasteiger partial charge >= 0.3 is 6.18 Å². The number of aliphatic hydroxyl groups excluding tert-OH is 1. The van der Waals surface area contributed by atoms with Crippen molar-refractivity contribution in [1.82, 2.24) is 5.32 Å². The maximum atomic E-state index is 14.3. The highest BCUT2D eigenvalue weighted by Gasteiger charge is 2.68. The van der Waals surface area contributed by atoms with E-state index in [0.717, 1.165) is 23.6 Å². The van der Waals surface area contributed by atoms with Crippen LogP contribution in [0.25, 0.3) is 0 Å². The molecule has 2 N–H and O–H groups in total. The van der Waals surface area contributed by atoms with Crippen molar-refractivity contribution in [2.45, 2.75) is 37.3 Å². The molecule has 2 unspecified atom stereocenters. The summed E-state index contributed by atoms with van der Waals surface area (Å²) >= 11 is 13.5. The van der Waals surface area contributed by atoms with E-state index < -0.39 is 23.4 Å². The van der Waals surface area contributed by atoms with Gasteiger partial charge in [-0.3, -0.25) is 4.79 Å². The van der Waals surface area contributed by atoms with Gasteiger partial charge in [-0.2, -0.15) is 24.9 Å². The predicted molar refractivity (Wildman–Crippen MR) is 122 cm³/mol. The van der Waals surface area contributed by atoms with Crippen molar-refractivity contribution in [3.05, 3.63) is 68.7 Å². The Labute approximate surface area is 202 Å². The SMILES string of the molecule is Cc1cc(C2=NOC(c3cc(Cl)cc(Cl)c3)(C(F)(F)F)C2O)ccc1C(=O)NC1(C)CSC1. The maximum Gasteiger partial charge on any atom is 0.438 e. The minimum absolute atomic E-state index is 0.0462. The molecular formula is C22H19Cl2F3N2O3S. The van der Waals surface area contributed by atoms with Gasteiger partial charge in [-0.15, -0.1) is 0 Å². The van der Waals surface area contributed by atoms with Crippen molar-refractivity contribution in [1.29, 1.82) is 0 Å². The van der Waals surface area contributed by atoms with Crippen LogP contribution in [-0.2, 0) is 10.4 Å². The molecule has 2 aliphatic heterocycles. The lowest BCUT2D eigenvalue weighted by Gasteiger charge is -2.38. The van der Waals surface area contributed by atoms with Gasteiger partial charge < -0.3 is 15.3 Å². The number of amides is 1. The Morgan fingerprint density at radius 3 is 2.36 bits per heavy atom. The predicted octanol–water partition coefficient (Wildman–Crippen LogP) is 5.09. The summed E-state index contributed by atoms with van der Waals surface area (Å²) in [7, 11) is 0. The molecule has 5 nitrogen and oxygen atoms in total. The highest BCUT2D eigenvalue weighted by Crippen LogP contribution is 2.50. The van der Waals surface area contributed by atoms with Crippen LogP contribution in [0.15, 0.2) is 41.6 Å². The van der Waals surface area contributed by atoms with Gasteiger partial charge in [0.25, 0.3) is 11.5 Å². The Kier molecular flexibility index (Phi) is 6.14. The van der Waals surface area contributed by atoms with E-state index in [1.807, 2.05) is 6.92 Å². The zero-order valence-electron chi connectivity index (χ0n) is 17.5. The first kappa shape index (κ1) is 24.2. The molecular weight excluding hydrogens is 500 g/mol. The number of aliphatic hydroxyl groups is 1. The van der Waals surface area contributed by atoms with E-state index >= 15 is 0 Å². The molecule has 2 atom stereocenters. The molecule has 176 valence electrons. The number of rotatable bonds is 4. The fourth-order valence-electron chi connectivity index (χ4n) is 3.87. The number of alkyl halides is 3. The van der Waals surface area contributed by atoms with E-state index in [-0.39, 0.29) is 32.8 Å². The third kappa shape index (κ3) is 4.20. The number of aryl methyl sites for hydroxylation is 1.